The predicted octanol–water partition coefficient (Wildman–Crippen LogP) is 2.38. The van der Waals surface area contributed by atoms with E-state index in [2.05, 4.69) is 15.3 Å². The van der Waals surface area contributed by atoms with E-state index in [4.69, 9.17) is 23.3 Å². The minimum Gasteiger partial charge on any atom is -0.485 e. The molecule has 8 nitrogen and oxygen atoms in total. The first-order valence-electron chi connectivity index (χ1n) is 7.00. The van der Waals surface area contributed by atoms with Crippen molar-refractivity contribution in [1.29, 1.82) is 0 Å². The Hall–Kier alpha value is -2.87. The SMILES string of the molecule is COCc1cc(-c2noc(C3COc4ccccc4O3)n2)no1. The molecule has 1 unspecified atom stereocenters. The van der Waals surface area contributed by atoms with Crippen molar-refractivity contribution in [2.24, 2.45) is 0 Å². The van der Waals surface area contributed by atoms with Crippen molar-refractivity contribution in [2.75, 3.05) is 13.7 Å². The number of nitrogens with zero attached hydrogens (tertiary/aromatic N) is 3. The predicted molar refractivity (Wildman–Crippen MR) is 75.8 cm³/mol. The maximum atomic E-state index is 5.83. The lowest BCUT2D eigenvalue weighted by Crippen LogP contribution is -2.21. The molecule has 0 bridgehead atoms. The summed E-state index contributed by atoms with van der Waals surface area (Å²) in [6.45, 7) is 0.625. The van der Waals surface area contributed by atoms with Crippen LogP contribution in [0.15, 0.2) is 39.4 Å². The van der Waals surface area contributed by atoms with Gasteiger partial charge < -0.3 is 23.3 Å². The van der Waals surface area contributed by atoms with Gasteiger partial charge in [-0.3, -0.25) is 0 Å². The van der Waals surface area contributed by atoms with Gasteiger partial charge in [-0.25, -0.2) is 0 Å². The van der Waals surface area contributed by atoms with E-state index in [-0.39, 0.29) is 0 Å². The van der Waals surface area contributed by atoms with Crippen molar-refractivity contribution in [2.45, 2.75) is 12.7 Å². The highest BCUT2D eigenvalue weighted by atomic mass is 16.6. The van der Waals surface area contributed by atoms with Crippen LogP contribution in [0.2, 0.25) is 0 Å². The number of methoxy groups -OCH3 is 1. The zero-order valence-electron chi connectivity index (χ0n) is 12.3. The second kappa shape index (κ2) is 5.73. The molecule has 0 aliphatic carbocycles. The summed E-state index contributed by atoms with van der Waals surface area (Å²) in [5.41, 5.74) is 0.476. The third-order valence-electron chi connectivity index (χ3n) is 3.30. The smallest absolute Gasteiger partial charge is 0.271 e. The summed E-state index contributed by atoms with van der Waals surface area (Å²) in [6, 6.07) is 9.13. The summed E-state index contributed by atoms with van der Waals surface area (Å²) in [7, 11) is 1.58. The van der Waals surface area contributed by atoms with E-state index in [1.165, 1.54) is 0 Å². The zero-order chi connectivity index (χ0) is 15.6. The largest absolute Gasteiger partial charge is 0.485 e. The number of benzene rings is 1. The van der Waals surface area contributed by atoms with E-state index in [1.807, 2.05) is 24.3 Å². The Morgan fingerprint density at radius 1 is 1.17 bits per heavy atom. The first-order chi connectivity index (χ1) is 11.3. The third kappa shape index (κ3) is 2.64. The van der Waals surface area contributed by atoms with Gasteiger partial charge in [-0.05, 0) is 12.1 Å². The minimum absolute atomic E-state index is 0.298. The van der Waals surface area contributed by atoms with Gasteiger partial charge in [0.05, 0.1) is 0 Å². The Bertz CT molecular complexity index is 813. The van der Waals surface area contributed by atoms with Crippen LogP contribution in [0.25, 0.3) is 11.5 Å². The molecule has 1 aliphatic heterocycles. The van der Waals surface area contributed by atoms with Crippen LogP contribution < -0.4 is 9.47 Å². The van der Waals surface area contributed by atoms with Crippen LogP contribution in [-0.2, 0) is 11.3 Å². The van der Waals surface area contributed by atoms with Crippen molar-refractivity contribution in [3.63, 3.8) is 0 Å². The number of para-hydroxylation sites is 2. The average molecular weight is 315 g/mol. The summed E-state index contributed by atoms with van der Waals surface area (Å²) in [5, 5.41) is 7.79. The molecule has 0 amide bonds. The van der Waals surface area contributed by atoms with Crippen molar-refractivity contribution in [3.05, 3.63) is 42.0 Å². The highest BCUT2D eigenvalue weighted by molar-refractivity contribution is 5.47. The number of hydrogen-bond acceptors (Lipinski definition) is 8. The number of fused-ring (bicyclic) bond motifs is 1. The first-order valence-corrected chi connectivity index (χ1v) is 7.00. The first kappa shape index (κ1) is 13.8. The number of rotatable bonds is 4. The molecule has 2 aromatic heterocycles. The quantitative estimate of drug-likeness (QED) is 0.724. The van der Waals surface area contributed by atoms with Crippen molar-refractivity contribution in [1.82, 2.24) is 15.3 Å². The highest BCUT2D eigenvalue weighted by Crippen LogP contribution is 2.35. The Labute approximate surface area is 130 Å². The van der Waals surface area contributed by atoms with Crippen molar-refractivity contribution >= 4 is 0 Å². The second-order valence-electron chi connectivity index (χ2n) is 4.93. The maximum Gasteiger partial charge on any atom is 0.271 e. The normalized spacial score (nSPS) is 16.5. The molecule has 0 saturated carbocycles. The van der Waals surface area contributed by atoms with Gasteiger partial charge in [0.15, 0.2) is 23.0 Å². The van der Waals surface area contributed by atoms with Crippen molar-refractivity contribution in [3.8, 4) is 23.0 Å². The molecule has 23 heavy (non-hydrogen) atoms. The molecular formula is C15H13N3O5. The molecule has 1 atom stereocenters. The van der Waals surface area contributed by atoms with Crippen LogP contribution in [0.1, 0.15) is 17.8 Å². The molecule has 3 aromatic rings. The zero-order valence-corrected chi connectivity index (χ0v) is 12.3. The molecule has 0 radical (unpaired) electrons. The van der Waals surface area contributed by atoms with Gasteiger partial charge in [-0.1, -0.05) is 22.4 Å². The molecule has 0 N–H and O–H groups in total. The highest BCUT2D eigenvalue weighted by Gasteiger charge is 2.28. The number of aromatic nitrogens is 3. The molecule has 0 saturated heterocycles. The summed E-state index contributed by atoms with van der Waals surface area (Å²) < 4.78 is 26.8. The lowest BCUT2D eigenvalue weighted by atomic mass is 10.2. The Morgan fingerprint density at radius 3 is 2.91 bits per heavy atom. The topological polar surface area (TPSA) is 92.6 Å². The molecule has 3 heterocycles. The van der Waals surface area contributed by atoms with Gasteiger partial charge in [-0.15, -0.1) is 0 Å². The van der Waals surface area contributed by atoms with Gasteiger partial charge in [-0.2, -0.15) is 4.98 Å². The van der Waals surface area contributed by atoms with Gasteiger partial charge in [0.25, 0.3) is 5.89 Å². The average Bonchev–Trinajstić information content (AvgIpc) is 3.24. The van der Waals surface area contributed by atoms with Gasteiger partial charge in [0.1, 0.15) is 13.2 Å². The van der Waals surface area contributed by atoms with E-state index in [9.17, 15) is 0 Å². The Kier molecular flexibility index (Phi) is 3.43. The van der Waals surface area contributed by atoms with E-state index in [1.54, 1.807) is 13.2 Å². The van der Waals surface area contributed by atoms with E-state index >= 15 is 0 Å². The maximum absolute atomic E-state index is 5.83. The van der Waals surface area contributed by atoms with Gasteiger partial charge >= 0.3 is 0 Å². The Morgan fingerprint density at radius 2 is 2.04 bits per heavy atom. The monoisotopic (exact) mass is 315 g/mol. The van der Waals surface area contributed by atoms with Crippen LogP contribution in [-0.4, -0.2) is 29.0 Å². The summed E-state index contributed by atoms with van der Waals surface area (Å²) in [4.78, 5) is 4.30. The lowest BCUT2D eigenvalue weighted by Gasteiger charge is -2.23. The van der Waals surface area contributed by atoms with Crippen LogP contribution in [0.5, 0.6) is 11.5 Å². The van der Waals surface area contributed by atoms with Gasteiger partial charge in [0.2, 0.25) is 11.9 Å². The number of ether oxygens (including phenoxy) is 3. The second-order valence-corrected chi connectivity index (χ2v) is 4.93. The van der Waals surface area contributed by atoms with Crippen LogP contribution in [0, 0.1) is 0 Å². The standard InChI is InChI=1S/C15H13N3O5/c1-19-7-9-6-10(17-22-9)14-16-15(23-18-14)13-8-20-11-4-2-3-5-12(11)21-13/h2-6,13H,7-8H2,1H3. The summed E-state index contributed by atoms with van der Waals surface area (Å²) in [5.74, 6) is 2.58. The van der Waals surface area contributed by atoms with Gasteiger partial charge in [0, 0.05) is 13.2 Å². The molecule has 0 spiro atoms. The van der Waals surface area contributed by atoms with Crippen LogP contribution >= 0.6 is 0 Å². The number of hydrogen-bond donors (Lipinski definition) is 0. The van der Waals surface area contributed by atoms with E-state index < -0.39 is 6.10 Å². The van der Waals surface area contributed by atoms with E-state index in [0.29, 0.717) is 47.9 Å². The fraction of sp³-hybridized carbons (Fsp3) is 0.267. The van der Waals surface area contributed by atoms with Crippen molar-refractivity contribution < 1.29 is 23.3 Å². The Balaban J connectivity index is 1.54. The molecule has 118 valence electrons. The fourth-order valence-corrected chi connectivity index (χ4v) is 2.24. The molecule has 4 rings (SSSR count). The third-order valence-corrected chi connectivity index (χ3v) is 3.30. The molecule has 8 heteroatoms. The van der Waals surface area contributed by atoms with Crippen LogP contribution in [0.4, 0.5) is 0 Å². The summed E-state index contributed by atoms with van der Waals surface area (Å²) in [6.07, 6.45) is -0.462. The molecule has 1 aliphatic rings. The lowest BCUT2D eigenvalue weighted by molar-refractivity contribution is 0.0665. The minimum atomic E-state index is -0.462. The molecule has 0 fully saturated rings. The van der Waals surface area contributed by atoms with Crippen LogP contribution in [0.3, 0.4) is 0 Å². The fourth-order valence-electron chi connectivity index (χ4n) is 2.24. The molecule has 1 aromatic carbocycles. The summed E-state index contributed by atoms with van der Waals surface area (Å²) >= 11 is 0. The molecular weight excluding hydrogens is 302 g/mol. The van der Waals surface area contributed by atoms with E-state index in [0.717, 1.165) is 0 Å².